The zero-order valence-electron chi connectivity index (χ0n) is 17.2. The van der Waals surface area contributed by atoms with Gasteiger partial charge in [0.05, 0.1) is 19.6 Å². The molecule has 30 heavy (non-hydrogen) atoms. The summed E-state index contributed by atoms with van der Waals surface area (Å²) in [6, 6.07) is 13.2. The van der Waals surface area contributed by atoms with Crippen LogP contribution in [0.4, 0.5) is 0 Å². The monoisotopic (exact) mass is 422 g/mol. The van der Waals surface area contributed by atoms with E-state index in [1.807, 2.05) is 56.3 Å². The minimum absolute atomic E-state index is 0.129. The highest BCUT2D eigenvalue weighted by Crippen LogP contribution is 2.33. The smallest absolute Gasteiger partial charge is 0.260 e. The quantitative estimate of drug-likeness (QED) is 0.480. The predicted molar refractivity (Wildman–Crippen MR) is 119 cm³/mol. The first-order valence-corrected chi connectivity index (χ1v) is 10.3. The van der Waals surface area contributed by atoms with Crippen molar-refractivity contribution < 1.29 is 14.2 Å². The molecule has 0 amide bonds. The molecule has 2 heterocycles. The van der Waals surface area contributed by atoms with Gasteiger partial charge in [-0.15, -0.1) is 11.3 Å². The molecule has 0 radical (unpaired) electrons. The van der Waals surface area contributed by atoms with Gasteiger partial charge in [0.15, 0.2) is 11.5 Å². The lowest BCUT2D eigenvalue weighted by molar-refractivity contribution is 0.284. The average molecular weight is 423 g/mol. The fraction of sp³-hybridized carbons (Fsp3) is 0.217. The summed E-state index contributed by atoms with van der Waals surface area (Å²) in [6.07, 6.45) is 0. The van der Waals surface area contributed by atoms with E-state index in [2.05, 4.69) is 9.97 Å². The number of hydrogen-bond acceptors (Lipinski definition) is 6. The van der Waals surface area contributed by atoms with Crippen LogP contribution in [0.1, 0.15) is 16.0 Å². The van der Waals surface area contributed by atoms with E-state index in [1.165, 1.54) is 11.3 Å². The van der Waals surface area contributed by atoms with Crippen molar-refractivity contribution in [2.75, 3.05) is 14.2 Å². The topological polar surface area (TPSA) is 73.4 Å². The van der Waals surface area contributed by atoms with Crippen LogP contribution in [-0.2, 0) is 6.61 Å². The third kappa shape index (κ3) is 3.76. The van der Waals surface area contributed by atoms with Crippen molar-refractivity contribution in [2.45, 2.75) is 20.5 Å². The van der Waals surface area contributed by atoms with Gasteiger partial charge >= 0.3 is 0 Å². The minimum Gasteiger partial charge on any atom is -0.497 e. The van der Waals surface area contributed by atoms with Crippen molar-refractivity contribution in [3.63, 3.8) is 0 Å². The molecule has 0 aliphatic carbocycles. The normalized spacial score (nSPS) is 10.9. The number of hydrogen-bond donors (Lipinski definition) is 1. The Morgan fingerprint density at radius 2 is 1.77 bits per heavy atom. The van der Waals surface area contributed by atoms with Crippen LogP contribution in [0.15, 0.2) is 47.3 Å². The number of nitrogens with zero attached hydrogens (tertiary/aromatic N) is 1. The highest BCUT2D eigenvalue weighted by atomic mass is 32.1. The molecular formula is C23H22N2O4S. The molecule has 0 saturated carbocycles. The molecule has 0 spiro atoms. The lowest BCUT2D eigenvalue weighted by Crippen LogP contribution is -2.09. The van der Waals surface area contributed by atoms with Crippen LogP contribution in [0.25, 0.3) is 21.6 Å². The van der Waals surface area contributed by atoms with Crippen LogP contribution < -0.4 is 19.8 Å². The highest BCUT2D eigenvalue weighted by molar-refractivity contribution is 7.18. The number of aryl methyl sites for hydroxylation is 2. The number of aromatic nitrogens is 2. The van der Waals surface area contributed by atoms with Crippen molar-refractivity contribution in [2.24, 2.45) is 0 Å². The van der Waals surface area contributed by atoms with Gasteiger partial charge in [-0.25, -0.2) is 4.98 Å². The maximum Gasteiger partial charge on any atom is 0.260 e. The van der Waals surface area contributed by atoms with Gasteiger partial charge in [-0.1, -0.05) is 12.1 Å². The Kier molecular flexibility index (Phi) is 5.46. The van der Waals surface area contributed by atoms with Crippen molar-refractivity contribution >= 4 is 21.6 Å². The third-order valence-electron chi connectivity index (χ3n) is 5.03. The number of ether oxygens (including phenoxy) is 3. The summed E-state index contributed by atoms with van der Waals surface area (Å²) in [5.41, 5.74) is 2.62. The summed E-state index contributed by atoms with van der Waals surface area (Å²) in [4.78, 5) is 22.0. The van der Waals surface area contributed by atoms with Crippen molar-refractivity contribution in [1.82, 2.24) is 9.97 Å². The van der Waals surface area contributed by atoms with Crippen molar-refractivity contribution in [3.8, 4) is 28.6 Å². The number of methoxy groups -OCH3 is 2. The van der Waals surface area contributed by atoms with Gasteiger partial charge in [0.2, 0.25) is 0 Å². The van der Waals surface area contributed by atoms with E-state index in [1.54, 1.807) is 14.2 Å². The number of thiophene rings is 1. The Morgan fingerprint density at radius 3 is 2.47 bits per heavy atom. The second-order valence-corrected chi connectivity index (χ2v) is 8.08. The second-order valence-electron chi connectivity index (χ2n) is 6.88. The van der Waals surface area contributed by atoms with Crippen LogP contribution in [-0.4, -0.2) is 24.2 Å². The zero-order chi connectivity index (χ0) is 21.3. The van der Waals surface area contributed by atoms with Crippen LogP contribution in [0.5, 0.6) is 17.2 Å². The fourth-order valence-corrected chi connectivity index (χ4v) is 4.24. The number of aromatic amines is 1. The lowest BCUT2D eigenvalue weighted by Gasteiger charge is -2.12. The molecule has 154 valence electrons. The van der Waals surface area contributed by atoms with Crippen LogP contribution in [0.2, 0.25) is 0 Å². The first-order valence-electron chi connectivity index (χ1n) is 9.44. The average Bonchev–Trinajstić information content (AvgIpc) is 3.06. The van der Waals surface area contributed by atoms with E-state index in [0.717, 1.165) is 32.1 Å². The van der Waals surface area contributed by atoms with E-state index in [-0.39, 0.29) is 5.56 Å². The van der Waals surface area contributed by atoms with Crippen LogP contribution >= 0.6 is 11.3 Å². The van der Waals surface area contributed by atoms with Gasteiger partial charge in [-0.2, -0.15) is 0 Å². The van der Waals surface area contributed by atoms with Gasteiger partial charge < -0.3 is 19.2 Å². The van der Waals surface area contributed by atoms with Gasteiger partial charge in [-0.05, 0) is 55.3 Å². The maximum absolute atomic E-state index is 12.6. The number of nitrogens with one attached hydrogen (secondary N) is 1. The molecule has 1 N–H and O–H groups in total. The number of rotatable bonds is 6. The van der Waals surface area contributed by atoms with Crippen molar-refractivity contribution in [3.05, 3.63) is 68.8 Å². The van der Waals surface area contributed by atoms with Gasteiger partial charge in [-0.3, -0.25) is 4.79 Å². The van der Waals surface area contributed by atoms with E-state index in [4.69, 9.17) is 14.2 Å². The molecule has 4 rings (SSSR count). The second kappa shape index (κ2) is 8.20. The highest BCUT2D eigenvalue weighted by Gasteiger charge is 2.14. The molecule has 0 atom stereocenters. The molecule has 0 aliphatic heterocycles. The Balaban J connectivity index is 1.61. The number of fused-ring (bicyclic) bond motifs is 1. The molecule has 0 fully saturated rings. The molecular weight excluding hydrogens is 400 g/mol. The molecule has 6 nitrogen and oxygen atoms in total. The lowest BCUT2D eigenvalue weighted by atomic mass is 10.1. The van der Waals surface area contributed by atoms with E-state index < -0.39 is 0 Å². The third-order valence-corrected chi connectivity index (χ3v) is 6.13. The van der Waals surface area contributed by atoms with Gasteiger partial charge in [0.25, 0.3) is 5.56 Å². The predicted octanol–water partition coefficient (Wildman–Crippen LogP) is 4.86. The minimum atomic E-state index is -0.129. The molecule has 0 unspecified atom stereocenters. The summed E-state index contributed by atoms with van der Waals surface area (Å²) in [5.74, 6) is 2.50. The molecule has 4 aromatic rings. The molecule has 2 aromatic heterocycles. The SMILES string of the molecule is COc1ccc(COc2ccc(-c3nc4sc(C)c(C)c4c(=O)[nH]3)cc2OC)cc1. The first kappa shape index (κ1) is 20.0. The largest absolute Gasteiger partial charge is 0.497 e. The summed E-state index contributed by atoms with van der Waals surface area (Å²) in [6.45, 7) is 4.34. The summed E-state index contributed by atoms with van der Waals surface area (Å²) in [7, 11) is 3.23. The van der Waals surface area contributed by atoms with Gasteiger partial charge in [0.1, 0.15) is 23.0 Å². The zero-order valence-corrected chi connectivity index (χ0v) is 18.1. The molecule has 0 bridgehead atoms. The Morgan fingerprint density at radius 1 is 1.00 bits per heavy atom. The summed E-state index contributed by atoms with van der Waals surface area (Å²) < 4.78 is 16.6. The van der Waals surface area contributed by atoms with Crippen LogP contribution in [0, 0.1) is 13.8 Å². The van der Waals surface area contributed by atoms with Gasteiger partial charge in [0, 0.05) is 10.4 Å². The Bertz CT molecular complexity index is 1260. The molecule has 7 heteroatoms. The fourth-order valence-electron chi connectivity index (χ4n) is 3.21. The maximum atomic E-state index is 12.6. The molecule has 0 aliphatic rings. The van der Waals surface area contributed by atoms with E-state index in [0.29, 0.717) is 29.3 Å². The molecule has 2 aromatic carbocycles. The summed E-state index contributed by atoms with van der Waals surface area (Å²) in [5, 5.41) is 0.660. The summed E-state index contributed by atoms with van der Waals surface area (Å²) >= 11 is 1.53. The van der Waals surface area contributed by atoms with Crippen molar-refractivity contribution in [1.29, 1.82) is 0 Å². The molecule has 0 saturated heterocycles. The number of H-pyrrole nitrogens is 1. The van der Waals surface area contributed by atoms with E-state index in [9.17, 15) is 4.79 Å². The van der Waals surface area contributed by atoms with Crippen LogP contribution in [0.3, 0.4) is 0 Å². The number of benzene rings is 2. The first-order chi connectivity index (χ1) is 14.5. The standard InChI is InChI=1S/C23H22N2O4S/c1-13-14(2)30-23-20(13)22(26)24-21(25-23)16-7-10-18(19(11-16)28-4)29-12-15-5-8-17(27-3)9-6-15/h5-11H,12H2,1-4H3,(H,24,25,26). The Labute approximate surface area is 178 Å². The Hall–Kier alpha value is -3.32. The van der Waals surface area contributed by atoms with E-state index >= 15 is 0 Å².